The third-order valence-corrected chi connectivity index (χ3v) is 1.21. The molecule has 0 bridgehead atoms. The minimum atomic E-state index is -0.498. The predicted molar refractivity (Wildman–Crippen MR) is 51.5 cm³/mol. The summed E-state index contributed by atoms with van der Waals surface area (Å²) in [6, 6.07) is 0. The molecule has 0 N–H and O–H groups in total. The van der Waals surface area contributed by atoms with Crippen molar-refractivity contribution < 1.29 is 14.3 Å². The van der Waals surface area contributed by atoms with Gasteiger partial charge in [0.25, 0.3) is 0 Å². The highest BCUT2D eigenvalue weighted by Crippen LogP contribution is 2.11. The average Bonchev–Trinajstić information content (AvgIpc) is 1.81. The largest absolute Gasteiger partial charge is 0.461 e. The number of hydrogen-bond acceptors (Lipinski definition) is 3. The van der Waals surface area contributed by atoms with Crippen molar-refractivity contribution in [3.63, 3.8) is 0 Å². The molecule has 0 aliphatic rings. The summed E-state index contributed by atoms with van der Waals surface area (Å²) in [5.41, 5.74) is -0.310. The Kier molecular flexibility index (Phi) is 4.40. The fraction of sp³-hybridized carbons (Fsp3) is 0.900. The zero-order valence-corrected chi connectivity index (χ0v) is 9.38. The van der Waals surface area contributed by atoms with Crippen LogP contribution in [0.4, 0.5) is 0 Å². The Morgan fingerprint density at radius 2 is 1.62 bits per heavy atom. The highest BCUT2D eigenvalue weighted by atomic mass is 16.6. The van der Waals surface area contributed by atoms with Gasteiger partial charge in [-0.2, -0.15) is 0 Å². The quantitative estimate of drug-likeness (QED) is 0.636. The van der Waals surface area contributed by atoms with Gasteiger partial charge < -0.3 is 9.47 Å². The second-order valence-electron chi connectivity index (χ2n) is 4.36. The molecule has 0 rings (SSSR count). The van der Waals surface area contributed by atoms with Gasteiger partial charge in [0.05, 0.1) is 11.7 Å². The number of carbonyl (C=O) groups is 1. The summed E-state index contributed by atoms with van der Waals surface area (Å²) < 4.78 is 10.4. The summed E-state index contributed by atoms with van der Waals surface area (Å²) in [5.74, 6) is -0.301. The van der Waals surface area contributed by atoms with Crippen molar-refractivity contribution >= 4 is 5.97 Å². The van der Waals surface area contributed by atoms with Crippen LogP contribution in [-0.4, -0.2) is 23.8 Å². The van der Waals surface area contributed by atoms with Gasteiger partial charge in [-0.15, -0.1) is 0 Å². The third kappa shape index (κ3) is 6.58. The van der Waals surface area contributed by atoms with E-state index < -0.39 is 6.10 Å². The summed E-state index contributed by atoms with van der Waals surface area (Å²) in [4.78, 5) is 11.3. The van der Waals surface area contributed by atoms with E-state index in [1.54, 1.807) is 6.92 Å². The van der Waals surface area contributed by atoms with Crippen LogP contribution in [0.5, 0.6) is 0 Å². The molecule has 1 atom stereocenters. The maximum absolute atomic E-state index is 11.3. The zero-order valence-electron chi connectivity index (χ0n) is 9.38. The summed E-state index contributed by atoms with van der Waals surface area (Å²) in [5, 5.41) is 0. The van der Waals surface area contributed by atoms with Crippen LogP contribution in [0.15, 0.2) is 0 Å². The first-order chi connectivity index (χ1) is 5.72. The molecular weight excluding hydrogens is 168 g/mol. The molecule has 0 aliphatic heterocycles. The molecule has 0 aromatic carbocycles. The van der Waals surface area contributed by atoms with Gasteiger partial charge in [0, 0.05) is 0 Å². The van der Waals surface area contributed by atoms with E-state index in [4.69, 9.17) is 9.47 Å². The molecule has 13 heavy (non-hydrogen) atoms. The minimum absolute atomic E-state index is 0.0847. The van der Waals surface area contributed by atoms with Crippen LogP contribution in [0.1, 0.15) is 41.5 Å². The Hall–Kier alpha value is -0.570. The minimum Gasteiger partial charge on any atom is -0.461 e. The number of hydrogen-bond donors (Lipinski definition) is 0. The van der Waals surface area contributed by atoms with Crippen molar-refractivity contribution in [2.75, 3.05) is 0 Å². The lowest BCUT2D eigenvalue weighted by molar-refractivity contribution is -0.168. The normalized spacial score (nSPS) is 14.4. The van der Waals surface area contributed by atoms with E-state index in [0.29, 0.717) is 0 Å². The number of rotatable bonds is 3. The van der Waals surface area contributed by atoms with Crippen LogP contribution in [0.25, 0.3) is 0 Å². The van der Waals surface area contributed by atoms with E-state index >= 15 is 0 Å². The van der Waals surface area contributed by atoms with E-state index in [1.807, 2.05) is 34.6 Å². The lowest BCUT2D eigenvalue weighted by Crippen LogP contribution is -2.33. The maximum atomic E-state index is 11.3. The van der Waals surface area contributed by atoms with E-state index in [-0.39, 0.29) is 17.7 Å². The second kappa shape index (κ2) is 4.61. The van der Waals surface area contributed by atoms with Gasteiger partial charge in [-0.1, -0.05) is 0 Å². The molecule has 0 aromatic heterocycles. The molecule has 3 nitrogen and oxygen atoms in total. The Bertz CT molecular complexity index is 167. The molecule has 1 unspecified atom stereocenters. The van der Waals surface area contributed by atoms with Crippen molar-refractivity contribution in [1.29, 1.82) is 0 Å². The summed E-state index contributed by atoms with van der Waals surface area (Å²) >= 11 is 0. The van der Waals surface area contributed by atoms with Gasteiger partial charge in [-0.25, -0.2) is 4.79 Å². The molecule has 0 radical (unpaired) electrons. The van der Waals surface area contributed by atoms with Crippen molar-refractivity contribution in [2.24, 2.45) is 0 Å². The maximum Gasteiger partial charge on any atom is 0.335 e. The number of esters is 1. The molecule has 0 amide bonds. The van der Waals surface area contributed by atoms with Gasteiger partial charge >= 0.3 is 5.97 Å². The van der Waals surface area contributed by atoms with E-state index in [1.165, 1.54) is 0 Å². The van der Waals surface area contributed by atoms with E-state index in [2.05, 4.69) is 0 Å². The number of ether oxygens (including phenoxy) is 2. The highest BCUT2D eigenvalue weighted by molar-refractivity contribution is 5.74. The first-order valence-electron chi connectivity index (χ1n) is 4.60. The molecular formula is C10H20O3. The van der Waals surface area contributed by atoms with Crippen LogP contribution in [0.3, 0.4) is 0 Å². The van der Waals surface area contributed by atoms with Crippen LogP contribution in [0, 0.1) is 0 Å². The standard InChI is InChI=1S/C10H20O3/c1-7(2)12-9(11)8(3)13-10(4,5)6/h7-8H,1-6H3. The molecule has 78 valence electrons. The van der Waals surface area contributed by atoms with Crippen molar-refractivity contribution in [3.8, 4) is 0 Å². The topological polar surface area (TPSA) is 35.5 Å². The van der Waals surface area contributed by atoms with E-state index in [9.17, 15) is 4.79 Å². The summed E-state index contributed by atoms with van der Waals surface area (Å²) in [6.45, 7) is 11.1. The predicted octanol–water partition coefficient (Wildman–Crippen LogP) is 2.14. The Balaban J connectivity index is 3.97. The fourth-order valence-corrected chi connectivity index (χ4v) is 0.907. The Morgan fingerprint density at radius 3 is 1.92 bits per heavy atom. The molecule has 0 aliphatic carbocycles. The molecule has 0 heterocycles. The summed E-state index contributed by atoms with van der Waals surface area (Å²) in [7, 11) is 0. The van der Waals surface area contributed by atoms with Crippen molar-refractivity contribution in [2.45, 2.75) is 59.4 Å². The molecule has 0 saturated carbocycles. The van der Waals surface area contributed by atoms with Gasteiger partial charge in [-0.05, 0) is 41.5 Å². The smallest absolute Gasteiger partial charge is 0.335 e. The van der Waals surface area contributed by atoms with Crippen LogP contribution in [-0.2, 0) is 14.3 Å². The Labute approximate surface area is 80.4 Å². The zero-order chi connectivity index (χ0) is 10.6. The van der Waals surface area contributed by atoms with Crippen LogP contribution < -0.4 is 0 Å². The lowest BCUT2D eigenvalue weighted by Gasteiger charge is -2.24. The number of carbonyl (C=O) groups excluding carboxylic acids is 1. The van der Waals surface area contributed by atoms with Crippen LogP contribution in [0.2, 0.25) is 0 Å². The van der Waals surface area contributed by atoms with E-state index in [0.717, 1.165) is 0 Å². The molecule has 0 fully saturated rings. The summed E-state index contributed by atoms with van der Waals surface area (Å²) in [6.07, 6.45) is -0.582. The van der Waals surface area contributed by atoms with Gasteiger partial charge in [0.2, 0.25) is 0 Å². The fourth-order valence-electron chi connectivity index (χ4n) is 0.907. The molecule has 0 aromatic rings. The molecule has 0 spiro atoms. The van der Waals surface area contributed by atoms with Gasteiger partial charge in [0.15, 0.2) is 6.10 Å². The first-order valence-corrected chi connectivity index (χ1v) is 4.60. The van der Waals surface area contributed by atoms with Crippen molar-refractivity contribution in [3.05, 3.63) is 0 Å². The highest BCUT2D eigenvalue weighted by Gasteiger charge is 2.22. The van der Waals surface area contributed by atoms with Crippen LogP contribution >= 0.6 is 0 Å². The lowest BCUT2D eigenvalue weighted by atomic mass is 10.2. The SMILES string of the molecule is CC(C)OC(=O)C(C)OC(C)(C)C. The van der Waals surface area contributed by atoms with Gasteiger partial charge in [-0.3, -0.25) is 0 Å². The molecule has 3 heteroatoms. The third-order valence-electron chi connectivity index (χ3n) is 1.21. The monoisotopic (exact) mass is 188 g/mol. The second-order valence-corrected chi connectivity index (χ2v) is 4.36. The average molecular weight is 188 g/mol. The van der Waals surface area contributed by atoms with Crippen molar-refractivity contribution in [1.82, 2.24) is 0 Å². The Morgan fingerprint density at radius 1 is 1.15 bits per heavy atom. The van der Waals surface area contributed by atoms with Gasteiger partial charge in [0.1, 0.15) is 0 Å². The first kappa shape index (κ1) is 12.4. The molecule has 0 saturated heterocycles.